The minimum Gasteiger partial charge on any atom is -0.462 e. The molecule has 0 saturated heterocycles. The van der Waals surface area contributed by atoms with E-state index >= 15 is 0 Å². The van der Waals surface area contributed by atoms with Crippen molar-refractivity contribution in [3.8, 4) is 0 Å². The number of H-pyrrole nitrogens is 1. The number of nitrogens with one attached hydrogen (secondary N) is 1. The van der Waals surface area contributed by atoms with Crippen molar-refractivity contribution < 1.29 is 9.53 Å². The van der Waals surface area contributed by atoms with Crippen molar-refractivity contribution in [2.45, 2.75) is 13.8 Å². The first-order valence-corrected chi connectivity index (χ1v) is 4.22. The molecule has 0 aromatic carbocycles. The Morgan fingerprint density at radius 3 is 2.86 bits per heavy atom. The van der Waals surface area contributed by atoms with Gasteiger partial charge in [-0.05, 0) is 19.9 Å². The highest BCUT2D eigenvalue weighted by atomic mass is 16.5. The highest BCUT2D eigenvalue weighted by Gasteiger charge is 2.12. The van der Waals surface area contributed by atoms with Gasteiger partial charge in [-0.25, -0.2) is 4.79 Å². The summed E-state index contributed by atoms with van der Waals surface area (Å²) in [5, 5.41) is 0. The number of rotatable bonds is 2. The Hall–Kier alpha value is -1.78. The number of carbonyl (C=O) groups is 1. The zero-order valence-corrected chi connectivity index (χ0v) is 8.09. The van der Waals surface area contributed by atoms with Crippen LogP contribution in [0.5, 0.6) is 0 Å². The van der Waals surface area contributed by atoms with Gasteiger partial charge in [0.1, 0.15) is 5.56 Å². The Balaban J connectivity index is 3.16. The van der Waals surface area contributed by atoms with Gasteiger partial charge in [-0.3, -0.25) is 4.79 Å². The molecule has 0 aliphatic heterocycles. The maximum atomic E-state index is 11.3. The second kappa shape index (κ2) is 3.95. The lowest BCUT2D eigenvalue weighted by Gasteiger charge is -2.03. The van der Waals surface area contributed by atoms with Crippen LogP contribution in [0.1, 0.15) is 23.0 Å². The van der Waals surface area contributed by atoms with Crippen LogP contribution in [0, 0.1) is 6.92 Å². The summed E-state index contributed by atoms with van der Waals surface area (Å²) < 4.78 is 4.69. The lowest BCUT2D eigenvalue weighted by Crippen LogP contribution is -2.21. The molecule has 0 spiro atoms. The lowest BCUT2D eigenvalue weighted by molar-refractivity contribution is 0.0524. The molecule has 1 aromatic heterocycles. The molecular weight excluding hydrogens is 184 g/mol. The van der Waals surface area contributed by atoms with Crippen LogP contribution in [0.4, 0.5) is 5.69 Å². The van der Waals surface area contributed by atoms with Crippen molar-refractivity contribution in [3.63, 3.8) is 0 Å². The summed E-state index contributed by atoms with van der Waals surface area (Å²) in [5.41, 5.74) is 5.92. The first-order chi connectivity index (χ1) is 6.56. The van der Waals surface area contributed by atoms with Crippen LogP contribution in [0.3, 0.4) is 0 Å². The van der Waals surface area contributed by atoms with Gasteiger partial charge in [-0.1, -0.05) is 0 Å². The summed E-state index contributed by atoms with van der Waals surface area (Å²) in [6.45, 7) is 3.56. The van der Waals surface area contributed by atoms with E-state index in [1.54, 1.807) is 13.8 Å². The Kier molecular flexibility index (Phi) is 2.91. The van der Waals surface area contributed by atoms with Gasteiger partial charge in [0.15, 0.2) is 0 Å². The molecule has 5 nitrogen and oxygen atoms in total. The fraction of sp³-hybridized carbons (Fsp3) is 0.333. The first kappa shape index (κ1) is 10.3. The van der Waals surface area contributed by atoms with Gasteiger partial charge >= 0.3 is 5.97 Å². The number of aryl methyl sites for hydroxylation is 1. The van der Waals surface area contributed by atoms with Gasteiger partial charge in [0.2, 0.25) is 0 Å². The molecule has 1 aromatic rings. The predicted molar refractivity (Wildman–Crippen MR) is 52.2 cm³/mol. The molecule has 0 fully saturated rings. The molecule has 3 N–H and O–H groups in total. The molecule has 0 atom stereocenters. The highest BCUT2D eigenvalue weighted by molar-refractivity contribution is 5.90. The number of anilines is 1. The lowest BCUT2D eigenvalue weighted by atomic mass is 10.2. The molecule has 5 heteroatoms. The van der Waals surface area contributed by atoms with Crippen LogP contribution in [0.15, 0.2) is 10.9 Å². The van der Waals surface area contributed by atoms with E-state index in [0.717, 1.165) is 0 Å². The molecule has 0 radical (unpaired) electrons. The van der Waals surface area contributed by atoms with E-state index in [1.807, 2.05) is 0 Å². The van der Waals surface area contributed by atoms with Crippen molar-refractivity contribution in [3.05, 3.63) is 27.7 Å². The summed E-state index contributed by atoms with van der Waals surface area (Å²) in [4.78, 5) is 25.0. The molecule has 0 amide bonds. The van der Waals surface area contributed by atoms with E-state index < -0.39 is 11.5 Å². The molecule has 0 unspecified atom stereocenters. The standard InChI is InChI=1S/C9H12N2O3/c1-3-14-9(13)6-4-7(10)5(2)11-8(6)12/h4H,3,10H2,1-2H3,(H,11,12). The topological polar surface area (TPSA) is 85.2 Å². The van der Waals surface area contributed by atoms with Crippen LogP contribution in [0.2, 0.25) is 0 Å². The molecule has 0 aliphatic carbocycles. The Morgan fingerprint density at radius 1 is 1.64 bits per heavy atom. The summed E-state index contributed by atoms with van der Waals surface area (Å²) in [5.74, 6) is -0.652. The number of ether oxygens (including phenoxy) is 1. The van der Waals surface area contributed by atoms with Crippen molar-refractivity contribution in [1.29, 1.82) is 0 Å². The van der Waals surface area contributed by atoms with E-state index in [1.165, 1.54) is 6.07 Å². The fourth-order valence-corrected chi connectivity index (χ4v) is 1.000. The Morgan fingerprint density at radius 2 is 2.29 bits per heavy atom. The third kappa shape index (κ3) is 1.93. The van der Waals surface area contributed by atoms with E-state index in [2.05, 4.69) is 9.72 Å². The zero-order chi connectivity index (χ0) is 10.7. The summed E-state index contributed by atoms with van der Waals surface area (Å²) in [6.07, 6.45) is 0. The monoisotopic (exact) mass is 196 g/mol. The quantitative estimate of drug-likeness (QED) is 0.672. The van der Waals surface area contributed by atoms with Gasteiger partial charge < -0.3 is 15.5 Å². The third-order valence-electron chi connectivity index (χ3n) is 1.77. The highest BCUT2D eigenvalue weighted by Crippen LogP contribution is 2.06. The van der Waals surface area contributed by atoms with E-state index in [9.17, 15) is 9.59 Å². The third-order valence-corrected chi connectivity index (χ3v) is 1.77. The van der Waals surface area contributed by atoms with Crippen molar-refractivity contribution in [1.82, 2.24) is 4.98 Å². The van der Waals surface area contributed by atoms with Gasteiger partial charge in [0, 0.05) is 5.69 Å². The maximum absolute atomic E-state index is 11.3. The van der Waals surface area contributed by atoms with Crippen LogP contribution in [-0.4, -0.2) is 17.6 Å². The number of pyridine rings is 1. The van der Waals surface area contributed by atoms with Crippen molar-refractivity contribution in [2.24, 2.45) is 0 Å². The molecule has 1 rings (SSSR count). The van der Waals surface area contributed by atoms with Crippen molar-refractivity contribution >= 4 is 11.7 Å². The number of nitrogens with two attached hydrogens (primary N) is 1. The van der Waals surface area contributed by atoms with Gasteiger partial charge in [0.25, 0.3) is 5.56 Å². The number of aromatic nitrogens is 1. The zero-order valence-electron chi connectivity index (χ0n) is 8.09. The maximum Gasteiger partial charge on any atom is 0.343 e. The first-order valence-electron chi connectivity index (χ1n) is 4.22. The van der Waals surface area contributed by atoms with E-state index in [0.29, 0.717) is 11.4 Å². The second-order valence-corrected chi connectivity index (χ2v) is 2.81. The molecule has 14 heavy (non-hydrogen) atoms. The largest absolute Gasteiger partial charge is 0.462 e. The van der Waals surface area contributed by atoms with Crippen LogP contribution < -0.4 is 11.3 Å². The van der Waals surface area contributed by atoms with Gasteiger partial charge in [0.05, 0.1) is 12.3 Å². The summed E-state index contributed by atoms with van der Waals surface area (Å²) >= 11 is 0. The number of nitrogen functional groups attached to an aromatic ring is 1. The van der Waals surface area contributed by atoms with Crippen molar-refractivity contribution in [2.75, 3.05) is 12.3 Å². The summed E-state index contributed by atoms with van der Waals surface area (Å²) in [6, 6.07) is 1.33. The number of aromatic amines is 1. The van der Waals surface area contributed by atoms with Gasteiger partial charge in [-0.15, -0.1) is 0 Å². The van der Waals surface area contributed by atoms with E-state index in [4.69, 9.17) is 5.73 Å². The average molecular weight is 196 g/mol. The molecule has 0 bridgehead atoms. The number of hydrogen-bond acceptors (Lipinski definition) is 4. The smallest absolute Gasteiger partial charge is 0.343 e. The number of hydrogen-bond donors (Lipinski definition) is 2. The summed E-state index contributed by atoms with van der Waals surface area (Å²) in [7, 11) is 0. The normalized spacial score (nSPS) is 9.86. The molecule has 0 saturated carbocycles. The molecular formula is C9H12N2O3. The number of esters is 1. The minimum atomic E-state index is -0.652. The van der Waals surface area contributed by atoms with Crippen LogP contribution >= 0.6 is 0 Å². The average Bonchev–Trinajstić information content (AvgIpc) is 2.11. The molecule has 1 heterocycles. The van der Waals surface area contributed by atoms with Gasteiger partial charge in [-0.2, -0.15) is 0 Å². The Labute approximate surface area is 80.9 Å². The van der Waals surface area contributed by atoms with Crippen LogP contribution in [-0.2, 0) is 4.74 Å². The fourth-order valence-electron chi connectivity index (χ4n) is 1.000. The predicted octanol–water partition coefficient (Wildman–Crippen LogP) is 0.442. The second-order valence-electron chi connectivity index (χ2n) is 2.81. The van der Waals surface area contributed by atoms with E-state index in [-0.39, 0.29) is 12.2 Å². The molecule has 0 aliphatic rings. The molecule has 76 valence electrons. The Bertz CT molecular complexity index is 409. The number of carbonyl (C=O) groups excluding carboxylic acids is 1. The SMILES string of the molecule is CCOC(=O)c1cc(N)c(C)[nH]c1=O. The minimum absolute atomic E-state index is 0.0602. The van der Waals surface area contributed by atoms with Crippen LogP contribution in [0.25, 0.3) is 0 Å².